The van der Waals surface area contributed by atoms with Crippen LogP contribution in [0.1, 0.15) is 47.8 Å². The molecule has 0 atom stereocenters. The summed E-state index contributed by atoms with van der Waals surface area (Å²) in [4.78, 5) is 19.0. The van der Waals surface area contributed by atoms with Gasteiger partial charge in [-0.05, 0) is 49.0 Å². The van der Waals surface area contributed by atoms with Crippen LogP contribution in [0.15, 0.2) is 36.5 Å². The first-order chi connectivity index (χ1) is 16.8. The van der Waals surface area contributed by atoms with Crippen molar-refractivity contribution in [2.75, 3.05) is 38.2 Å². The molecule has 11 heteroatoms. The van der Waals surface area contributed by atoms with Crippen molar-refractivity contribution in [1.29, 1.82) is 0 Å². The number of aromatic nitrogens is 1. The average molecular weight is 511 g/mol. The Morgan fingerprint density at radius 3 is 2.63 bits per heavy atom. The summed E-state index contributed by atoms with van der Waals surface area (Å²) in [6.45, 7) is 5.88. The standard InChI is InChI=1S/C24H29F3N4O3S/c1-2-3-4-11-34-21-8-7-18(14-20(21)24(25,26)27)29-23(35)30-22(32)17-5-6-19(28-15-17)16-31-9-12-33-13-10-31/h5-8,14-15H,2-4,9-13,16H2,1H3,(H2,29,30,32,35). The number of morpholine rings is 1. The Labute approximate surface area is 208 Å². The first-order valence-corrected chi connectivity index (χ1v) is 11.9. The molecule has 1 aromatic carbocycles. The second-order valence-electron chi connectivity index (χ2n) is 8.10. The zero-order valence-corrected chi connectivity index (χ0v) is 20.3. The molecule has 0 aliphatic carbocycles. The van der Waals surface area contributed by atoms with Gasteiger partial charge in [-0.1, -0.05) is 19.8 Å². The summed E-state index contributed by atoms with van der Waals surface area (Å²) in [6.07, 6.45) is -0.665. The molecule has 1 fully saturated rings. The number of alkyl halides is 3. The Hall–Kier alpha value is -2.76. The van der Waals surface area contributed by atoms with Gasteiger partial charge in [0.05, 0.1) is 36.6 Å². The van der Waals surface area contributed by atoms with Crippen LogP contribution < -0.4 is 15.4 Å². The minimum absolute atomic E-state index is 0.0857. The van der Waals surface area contributed by atoms with Gasteiger partial charge in [-0.2, -0.15) is 13.2 Å². The Morgan fingerprint density at radius 2 is 1.97 bits per heavy atom. The number of pyridine rings is 1. The monoisotopic (exact) mass is 510 g/mol. The third-order valence-corrected chi connectivity index (χ3v) is 5.56. The molecule has 0 unspecified atom stereocenters. The highest BCUT2D eigenvalue weighted by atomic mass is 32.1. The number of thiocarbonyl (C=S) groups is 1. The van der Waals surface area contributed by atoms with E-state index in [1.165, 1.54) is 18.3 Å². The third-order valence-electron chi connectivity index (χ3n) is 5.35. The van der Waals surface area contributed by atoms with Crippen LogP contribution in [0.3, 0.4) is 0 Å². The summed E-state index contributed by atoms with van der Waals surface area (Å²) in [5.41, 5.74) is 0.281. The van der Waals surface area contributed by atoms with Crippen molar-refractivity contribution in [3.8, 4) is 5.75 Å². The number of halogens is 3. The van der Waals surface area contributed by atoms with Gasteiger partial charge in [0.2, 0.25) is 0 Å². The lowest BCUT2D eigenvalue weighted by molar-refractivity contribution is -0.138. The predicted molar refractivity (Wildman–Crippen MR) is 130 cm³/mol. The molecule has 190 valence electrons. The number of hydrogen-bond donors (Lipinski definition) is 2. The van der Waals surface area contributed by atoms with Gasteiger partial charge in [-0.15, -0.1) is 0 Å². The number of nitrogens with zero attached hydrogens (tertiary/aromatic N) is 2. The van der Waals surface area contributed by atoms with Crippen molar-refractivity contribution in [2.45, 2.75) is 38.9 Å². The lowest BCUT2D eigenvalue weighted by Gasteiger charge is -2.26. The van der Waals surface area contributed by atoms with Crippen LogP contribution in [0.5, 0.6) is 5.75 Å². The minimum atomic E-state index is -4.60. The highest BCUT2D eigenvalue weighted by Gasteiger charge is 2.34. The first-order valence-electron chi connectivity index (χ1n) is 11.5. The van der Waals surface area contributed by atoms with E-state index in [1.807, 2.05) is 6.92 Å². The zero-order valence-electron chi connectivity index (χ0n) is 19.5. The maximum Gasteiger partial charge on any atom is 0.420 e. The SMILES string of the molecule is CCCCCOc1ccc(NC(=S)NC(=O)c2ccc(CN3CCOCC3)nc2)cc1C(F)(F)F. The van der Waals surface area contributed by atoms with Gasteiger partial charge in [-0.25, -0.2) is 0 Å². The van der Waals surface area contributed by atoms with Gasteiger partial charge < -0.3 is 14.8 Å². The summed E-state index contributed by atoms with van der Waals surface area (Å²) < 4.78 is 51.2. The van der Waals surface area contributed by atoms with Crippen molar-refractivity contribution < 1.29 is 27.4 Å². The molecule has 2 aromatic rings. The molecule has 1 aromatic heterocycles. The van der Waals surface area contributed by atoms with E-state index >= 15 is 0 Å². The van der Waals surface area contributed by atoms with Crippen molar-refractivity contribution in [2.24, 2.45) is 0 Å². The van der Waals surface area contributed by atoms with Crippen LogP contribution in [0.2, 0.25) is 0 Å². The van der Waals surface area contributed by atoms with E-state index in [9.17, 15) is 18.0 Å². The largest absolute Gasteiger partial charge is 0.493 e. The fraction of sp³-hybridized carbons (Fsp3) is 0.458. The Morgan fingerprint density at radius 1 is 1.20 bits per heavy atom. The van der Waals surface area contributed by atoms with E-state index in [4.69, 9.17) is 21.7 Å². The fourth-order valence-electron chi connectivity index (χ4n) is 3.47. The molecule has 0 spiro atoms. The summed E-state index contributed by atoms with van der Waals surface area (Å²) in [5.74, 6) is -0.753. The minimum Gasteiger partial charge on any atom is -0.493 e. The molecule has 3 rings (SSSR count). The molecular formula is C24H29F3N4O3S. The third kappa shape index (κ3) is 8.44. The number of hydrogen-bond acceptors (Lipinski definition) is 6. The fourth-order valence-corrected chi connectivity index (χ4v) is 3.68. The van der Waals surface area contributed by atoms with E-state index in [0.29, 0.717) is 26.2 Å². The van der Waals surface area contributed by atoms with E-state index < -0.39 is 17.6 Å². The number of ether oxygens (including phenoxy) is 2. The molecule has 0 saturated carbocycles. The van der Waals surface area contributed by atoms with Crippen LogP contribution in [-0.2, 0) is 17.5 Å². The summed E-state index contributed by atoms with van der Waals surface area (Å²) in [7, 11) is 0. The molecule has 2 N–H and O–H groups in total. The predicted octanol–water partition coefficient (Wildman–Crippen LogP) is 4.63. The van der Waals surface area contributed by atoms with Crippen LogP contribution in [0.25, 0.3) is 0 Å². The molecule has 1 aliphatic rings. The van der Waals surface area contributed by atoms with Crippen molar-refractivity contribution in [1.82, 2.24) is 15.2 Å². The molecule has 1 saturated heterocycles. The molecular weight excluding hydrogens is 481 g/mol. The van der Waals surface area contributed by atoms with E-state index in [-0.39, 0.29) is 28.7 Å². The van der Waals surface area contributed by atoms with Gasteiger partial charge in [0.1, 0.15) is 5.75 Å². The van der Waals surface area contributed by atoms with Gasteiger partial charge in [0.15, 0.2) is 5.11 Å². The highest BCUT2D eigenvalue weighted by Crippen LogP contribution is 2.38. The first kappa shape index (κ1) is 26.8. The van der Waals surface area contributed by atoms with Gasteiger partial charge in [0.25, 0.3) is 5.91 Å². The van der Waals surface area contributed by atoms with E-state index in [1.54, 1.807) is 12.1 Å². The highest BCUT2D eigenvalue weighted by molar-refractivity contribution is 7.80. The molecule has 1 aliphatic heterocycles. The zero-order chi connectivity index (χ0) is 25.3. The van der Waals surface area contributed by atoms with Crippen molar-refractivity contribution in [3.63, 3.8) is 0 Å². The Kier molecular flexibility index (Phi) is 9.82. The lowest BCUT2D eigenvalue weighted by atomic mass is 10.1. The number of amides is 1. The number of carbonyl (C=O) groups is 1. The van der Waals surface area contributed by atoms with Crippen LogP contribution >= 0.6 is 12.2 Å². The Balaban J connectivity index is 1.57. The van der Waals surface area contributed by atoms with Crippen LogP contribution in [0.4, 0.5) is 18.9 Å². The molecule has 0 radical (unpaired) electrons. The molecule has 7 nitrogen and oxygen atoms in total. The topological polar surface area (TPSA) is 75.7 Å². The summed E-state index contributed by atoms with van der Waals surface area (Å²) >= 11 is 5.12. The average Bonchev–Trinajstić information content (AvgIpc) is 2.83. The Bertz CT molecular complexity index is 996. The normalized spacial score (nSPS) is 14.4. The van der Waals surface area contributed by atoms with E-state index in [2.05, 4.69) is 20.5 Å². The molecule has 35 heavy (non-hydrogen) atoms. The number of benzene rings is 1. The molecule has 2 heterocycles. The second-order valence-corrected chi connectivity index (χ2v) is 8.51. The van der Waals surface area contributed by atoms with Crippen molar-refractivity contribution >= 4 is 28.9 Å². The smallest absolute Gasteiger partial charge is 0.420 e. The van der Waals surface area contributed by atoms with Crippen molar-refractivity contribution in [3.05, 3.63) is 53.3 Å². The molecule has 0 bridgehead atoms. The number of carbonyl (C=O) groups excluding carboxylic acids is 1. The maximum absolute atomic E-state index is 13.5. The quantitative estimate of drug-likeness (QED) is 0.376. The number of rotatable bonds is 9. The summed E-state index contributed by atoms with van der Waals surface area (Å²) in [6, 6.07) is 6.97. The van der Waals surface area contributed by atoms with Gasteiger partial charge in [-0.3, -0.25) is 20.0 Å². The second kappa shape index (κ2) is 12.8. The van der Waals surface area contributed by atoms with E-state index in [0.717, 1.165) is 37.7 Å². The number of unbranched alkanes of at least 4 members (excludes halogenated alkanes) is 2. The van der Waals surface area contributed by atoms with Gasteiger partial charge in [0, 0.05) is 31.5 Å². The van der Waals surface area contributed by atoms with Crippen LogP contribution in [-0.4, -0.2) is 53.8 Å². The molecule has 1 amide bonds. The lowest BCUT2D eigenvalue weighted by Crippen LogP contribution is -2.36. The van der Waals surface area contributed by atoms with Gasteiger partial charge >= 0.3 is 6.18 Å². The number of nitrogens with one attached hydrogen (secondary N) is 2. The van der Waals surface area contributed by atoms with Crippen LogP contribution in [0, 0.1) is 0 Å². The number of anilines is 1. The summed E-state index contributed by atoms with van der Waals surface area (Å²) in [5, 5.41) is 4.97. The maximum atomic E-state index is 13.5.